The molecule has 1 saturated heterocycles. The minimum atomic E-state index is -0.957. The Morgan fingerprint density at radius 2 is 2.24 bits per heavy atom. The lowest BCUT2D eigenvalue weighted by Gasteiger charge is -2.31. The van der Waals surface area contributed by atoms with E-state index in [-0.39, 0.29) is 25.5 Å². The summed E-state index contributed by atoms with van der Waals surface area (Å²) in [6.07, 6.45) is 3.17. The Bertz CT molecular complexity index is 423. The van der Waals surface area contributed by atoms with E-state index in [1.807, 2.05) is 0 Å². The number of nitrogens with zero attached hydrogens (tertiary/aromatic N) is 3. The molecule has 0 spiro atoms. The molecule has 1 aromatic rings. The first-order chi connectivity index (χ1) is 8.16. The number of nitrogens with one attached hydrogen (secondary N) is 1. The average Bonchev–Trinajstić information content (AvgIpc) is 2.30. The number of amides is 1. The Morgan fingerprint density at radius 1 is 1.53 bits per heavy atom. The molecule has 0 bridgehead atoms. The van der Waals surface area contributed by atoms with Crippen LogP contribution in [0.15, 0.2) is 18.5 Å². The second-order valence-corrected chi connectivity index (χ2v) is 3.73. The van der Waals surface area contributed by atoms with Crippen molar-refractivity contribution in [3.63, 3.8) is 0 Å². The van der Waals surface area contributed by atoms with Gasteiger partial charge in [-0.3, -0.25) is 14.5 Å². The maximum Gasteiger partial charge on any atom is 0.322 e. The molecule has 2 N–H and O–H groups in total. The van der Waals surface area contributed by atoms with Gasteiger partial charge >= 0.3 is 5.97 Å². The maximum absolute atomic E-state index is 11.2. The number of aliphatic carboxylic acids is 1. The van der Waals surface area contributed by atoms with Gasteiger partial charge in [0.2, 0.25) is 5.91 Å². The molecule has 1 unspecified atom stereocenters. The summed E-state index contributed by atoms with van der Waals surface area (Å²) in [5.74, 6) is -0.632. The minimum Gasteiger partial charge on any atom is -0.480 e. The van der Waals surface area contributed by atoms with Gasteiger partial charge in [0.15, 0.2) is 0 Å². The quantitative estimate of drug-likeness (QED) is 0.689. The van der Waals surface area contributed by atoms with Gasteiger partial charge in [0, 0.05) is 18.9 Å². The van der Waals surface area contributed by atoms with Gasteiger partial charge in [-0.1, -0.05) is 0 Å². The van der Waals surface area contributed by atoms with Crippen molar-refractivity contribution in [2.75, 3.05) is 13.1 Å². The minimum absolute atomic E-state index is 0.0508. The first-order valence-corrected chi connectivity index (χ1v) is 5.16. The first-order valence-electron chi connectivity index (χ1n) is 5.16. The summed E-state index contributed by atoms with van der Waals surface area (Å²) in [4.78, 5) is 31.9. The zero-order valence-electron chi connectivity index (χ0n) is 9.04. The monoisotopic (exact) mass is 236 g/mol. The van der Waals surface area contributed by atoms with Crippen molar-refractivity contribution in [3.05, 3.63) is 24.3 Å². The SMILES string of the molecule is O=C1CN(Cc2ncccn2)C(C(=O)O)CN1. The molecular formula is C10H12N4O3. The third-order valence-electron chi connectivity index (χ3n) is 2.53. The lowest BCUT2D eigenvalue weighted by atomic mass is 10.2. The molecule has 1 aromatic heterocycles. The third-order valence-corrected chi connectivity index (χ3v) is 2.53. The standard InChI is InChI=1S/C10H12N4O3/c15-9-6-14(7(4-13-9)10(16)17)5-8-11-2-1-3-12-8/h1-3,7H,4-6H2,(H,13,15)(H,16,17). The second-order valence-electron chi connectivity index (χ2n) is 3.73. The van der Waals surface area contributed by atoms with Crippen LogP contribution in [0.5, 0.6) is 0 Å². The van der Waals surface area contributed by atoms with Crippen LogP contribution in [-0.2, 0) is 16.1 Å². The molecule has 1 amide bonds. The fourth-order valence-electron chi connectivity index (χ4n) is 1.69. The number of aromatic nitrogens is 2. The van der Waals surface area contributed by atoms with E-state index < -0.39 is 12.0 Å². The van der Waals surface area contributed by atoms with Crippen LogP contribution < -0.4 is 5.32 Å². The highest BCUT2D eigenvalue weighted by atomic mass is 16.4. The van der Waals surface area contributed by atoms with Gasteiger partial charge in [0.05, 0.1) is 13.1 Å². The smallest absolute Gasteiger partial charge is 0.322 e. The normalized spacial score (nSPS) is 20.9. The summed E-state index contributed by atoms with van der Waals surface area (Å²) in [6.45, 7) is 0.418. The van der Waals surface area contributed by atoms with Gasteiger partial charge in [0.1, 0.15) is 11.9 Å². The van der Waals surface area contributed by atoms with Crippen LogP contribution in [0, 0.1) is 0 Å². The number of rotatable bonds is 3. The van der Waals surface area contributed by atoms with E-state index in [1.165, 1.54) is 0 Å². The summed E-state index contributed by atoms with van der Waals surface area (Å²) < 4.78 is 0. The molecule has 17 heavy (non-hydrogen) atoms. The largest absolute Gasteiger partial charge is 0.480 e. The topological polar surface area (TPSA) is 95.4 Å². The number of carboxylic acid groups (broad SMARTS) is 1. The molecule has 7 heteroatoms. The molecule has 1 aliphatic rings. The van der Waals surface area contributed by atoms with Crippen molar-refractivity contribution in [1.82, 2.24) is 20.2 Å². The molecule has 7 nitrogen and oxygen atoms in total. The predicted octanol–water partition coefficient (Wildman–Crippen LogP) is -1.14. The Hall–Kier alpha value is -2.02. The summed E-state index contributed by atoms with van der Waals surface area (Å²) in [5.41, 5.74) is 0. The number of carbonyl (C=O) groups excluding carboxylic acids is 1. The van der Waals surface area contributed by atoms with Crippen LogP contribution >= 0.6 is 0 Å². The van der Waals surface area contributed by atoms with Gasteiger partial charge in [-0.2, -0.15) is 0 Å². The third kappa shape index (κ3) is 2.76. The molecule has 1 atom stereocenters. The Kier molecular flexibility index (Phi) is 3.29. The Balaban J connectivity index is 2.10. The van der Waals surface area contributed by atoms with E-state index in [9.17, 15) is 9.59 Å². The molecule has 90 valence electrons. The zero-order valence-corrected chi connectivity index (χ0v) is 9.04. The molecule has 1 aliphatic heterocycles. The highest BCUT2D eigenvalue weighted by Gasteiger charge is 2.32. The van der Waals surface area contributed by atoms with E-state index in [0.29, 0.717) is 5.82 Å². The lowest BCUT2D eigenvalue weighted by molar-refractivity contribution is -0.146. The van der Waals surface area contributed by atoms with Crippen LogP contribution in [-0.4, -0.2) is 51.0 Å². The maximum atomic E-state index is 11.2. The molecule has 0 radical (unpaired) electrons. The van der Waals surface area contributed by atoms with E-state index in [1.54, 1.807) is 23.4 Å². The number of hydrogen-bond acceptors (Lipinski definition) is 5. The van der Waals surface area contributed by atoms with Crippen LogP contribution in [0.4, 0.5) is 0 Å². The molecule has 1 fully saturated rings. The van der Waals surface area contributed by atoms with E-state index in [4.69, 9.17) is 5.11 Å². The number of piperazine rings is 1. The fourth-order valence-corrected chi connectivity index (χ4v) is 1.69. The number of carboxylic acids is 1. The summed E-state index contributed by atoms with van der Waals surface area (Å²) >= 11 is 0. The van der Waals surface area contributed by atoms with Gasteiger partial charge in [0.25, 0.3) is 0 Å². The van der Waals surface area contributed by atoms with E-state index in [2.05, 4.69) is 15.3 Å². The van der Waals surface area contributed by atoms with Crippen molar-refractivity contribution >= 4 is 11.9 Å². The van der Waals surface area contributed by atoms with Gasteiger partial charge in [-0.05, 0) is 6.07 Å². The van der Waals surface area contributed by atoms with E-state index in [0.717, 1.165) is 0 Å². The molecule has 0 aromatic carbocycles. The lowest BCUT2D eigenvalue weighted by Crippen LogP contribution is -2.57. The molecule has 2 heterocycles. The van der Waals surface area contributed by atoms with Crippen molar-refractivity contribution < 1.29 is 14.7 Å². The number of carbonyl (C=O) groups is 2. The first kappa shape index (κ1) is 11.5. The van der Waals surface area contributed by atoms with Crippen molar-refractivity contribution in [3.8, 4) is 0 Å². The average molecular weight is 236 g/mol. The van der Waals surface area contributed by atoms with Crippen LogP contribution in [0.25, 0.3) is 0 Å². The summed E-state index contributed by atoms with van der Waals surface area (Å²) in [6, 6.07) is 0.956. The zero-order chi connectivity index (χ0) is 12.3. The molecule has 2 rings (SSSR count). The molecular weight excluding hydrogens is 224 g/mol. The van der Waals surface area contributed by atoms with Gasteiger partial charge in [-0.25, -0.2) is 9.97 Å². The Labute approximate surface area is 97.5 Å². The predicted molar refractivity (Wildman–Crippen MR) is 56.9 cm³/mol. The van der Waals surface area contributed by atoms with Crippen molar-refractivity contribution in [1.29, 1.82) is 0 Å². The molecule has 0 aliphatic carbocycles. The van der Waals surface area contributed by atoms with Gasteiger partial charge < -0.3 is 10.4 Å². The van der Waals surface area contributed by atoms with Crippen LogP contribution in [0.2, 0.25) is 0 Å². The van der Waals surface area contributed by atoms with Crippen LogP contribution in [0.3, 0.4) is 0 Å². The second kappa shape index (κ2) is 4.88. The summed E-state index contributed by atoms with van der Waals surface area (Å²) in [5, 5.41) is 11.6. The van der Waals surface area contributed by atoms with Crippen LogP contribution in [0.1, 0.15) is 5.82 Å². The molecule has 0 saturated carbocycles. The number of hydrogen-bond donors (Lipinski definition) is 2. The fraction of sp³-hybridized carbons (Fsp3) is 0.400. The summed E-state index contributed by atoms with van der Waals surface area (Å²) in [7, 11) is 0. The van der Waals surface area contributed by atoms with Crippen molar-refractivity contribution in [2.45, 2.75) is 12.6 Å². The van der Waals surface area contributed by atoms with Crippen molar-refractivity contribution in [2.24, 2.45) is 0 Å². The highest BCUT2D eigenvalue weighted by molar-refractivity contribution is 5.83. The Morgan fingerprint density at radius 3 is 2.88 bits per heavy atom. The van der Waals surface area contributed by atoms with E-state index >= 15 is 0 Å². The highest BCUT2D eigenvalue weighted by Crippen LogP contribution is 2.07. The van der Waals surface area contributed by atoms with Gasteiger partial charge in [-0.15, -0.1) is 0 Å².